The SMILES string of the molecule is c1cc(-c2ccc3c(c2)OCCO3)n2nc(Nc3ccc(SCCN4CCCC4)cc3)nc2c1. The van der Waals surface area contributed by atoms with E-state index in [2.05, 4.69) is 39.5 Å². The van der Waals surface area contributed by atoms with E-state index in [1.807, 2.05) is 52.7 Å². The van der Waals surface area contributed by atoms with E-state index < -0.39 is 0 Å². The second-order valence-electron chi connectivity index (χ2n) is 8.52. The van der Waals surface area contributed by atoms with E-state index in [9.17, 15) is 0 Å². The van der Waals surface area contributed by atoms with Crippen LogP contribution in [0.15, 0.2) is 65.6 Å². The van der Waals surface area contributed by atoms with Gasteiger partial charge in [0.05, 0.1) is 5.69 Å². The normalized spacial score (nSPS) is 15.6. The monoisotopic (exact) mass is 473 g/mol. The summed E-state index contributed by atoms with van der Waals surface area (Å²) < 4.78 is 13.3. The van der Waals surface area contributed by atoms with Gasteiger partial charge in [-0.2, -0.15) is 4.98 Å². The maximum Gasteiger partial charge on any atom is 0.247 e. The van der Waals surface area contributed by atoms with Gasteiger partial charge in [-0.1, -0.05) is 6.07 Å². The van der Waals surface area contributed by atoms with E-state index in [1.165, 1.54) is 37.4 Å². The number of nitrogens with zero attached hydrogens (tertiary/aromatic N) is 4. The lowest BCUT2D eigenvalue weighted by atomic mass is 10.1. The van der Waals surface area contributed by atoms with E-state index in [-0.39, 0.29) is 0 Å². The highest BCUT2D eigenvalue weighted by molar-refractivity contribution is 7.99. The molecule has 4 aromatic rings. The first-order valence-corrected chi connectivity index (χ1v) is 12.8. The standard InChI is InChI=1S/C26H27N5O2S/c1-2-13-30(12-1)14-17-34-21-9-7-20(8-10-21)27-26-28-25-5-3-4-22(31(25)29-26)19-6-11-23-24(18-19)33-16-15-32-23/h3-11,18H,1-2,12-17H2,(H,27,29). The number of pyridine rings is 1. The third-order valence-corrected chi connectivity index (χ3v) is 7.18. The zero-order valence-corrected chi connectivity index (χ0v) is 19.8. The Kier molecular flexibility index (Phi) is 5.99. The number of anilines is 2. The van der Waals surface area contributed by atoms with Crippen LogP contribution in [0.5, 0.6) is 11.5 Å². The lowest BCUT2D eigenvalue weighted by Crippen LogP contribution is -2.21. The van der Waals surface area contributed by atoms with Crippen LogP contribution in [0.3, 0.4) is 0 Å². The molecule has 7 nitrogen and oxygen atoms in total. The minimum absolute atomic E-state index is 0.563. The van der Waals surface area contributed by atoms with Crippen LogP contribution < -0.4 is 14.8 Å². The summed E-state index contributed by atoms with van der Waals surface area (Å²) in [5.74, 6) is 3.24. The Morgan fingerprint density at radius 1 is 0.912 bits per heavy atom. The molecule has 0 aliphatic carbocycles. The number of benzene rings is 2. The zero-order valence-electron chi connectivity index (χ0n) is 18.9. The molecule has 1 saturated heterocycles. The van der Waals surface area contributed by atoms with Crippen molar-refractivity contribution < 1.29 is 9.47 Å². The molecular weight excluding hydrogens is 446 g/mol. The molecule has 0 spiro atoms. The molecule has 4 heterocycles. The Morgan fingerprint density at radius 2 is 1.74 bits per heavy atom. The van der Waals surface area contributed by atoms with Crippen molar-refractivity contribution in [3.63, 3.8) is 0 Å². The molecule has 0 saturated carbocycles. The summed E-state index contributed by atoms with van der Waals surface area (Å²) in [6, 6.07) is 20.5. The number of hydrogen-bond acceptors (Lipinski definition) is 7. The van der Waals surface area contributed by atoms with E-state index in [0.717, 1.165) is 39.8 Å². The number of fused-ring (bicyclic) bond motifs is 2. The largest absolute Gasteiger partial charge is 0.486 e. The third-order valence-electron chi connectivity index (χ3n) is 6.18. The van der Waals surface area contributed by atoms with Gasteiger partial charge in [-0.25, -0.2) is 4.52 Å². The Hall–Kier alpha value is -3.23. The van der Waals surface area contributed by atoms with E-state index in [1.54, 1.807) is 0 Å². The van der Waals surface area contributed by atoms with Crippen LogP contribution in [0, 0.1) is 0 Å². The number of hydrogen-bond donors (Lipinski definition) is 1. The van der Waals surface area contributed by atoms with Crippen molar-refractivity contribution in [3.05, 3.63) is 60.7 Å². The summed E-state index contributed by atoms with van der Waals surface area (Å²) in [4.78, 5) is 8.51. The van der Waals surface area contributed by atoms with Crippen molar-refractivity contribution in [2.75, 3.05) is 43.9 Å². The summed E-state index contributed by atoms with van der Waals surface area (Å²) in [5, 5.41) is 8.07. The molecule has 2 aliphatic rings. The molecule has 0 atom stereocenters. The van der Waals surface area contributed by atoms with Gasteiger partial charge in [-0.3, -0.25) is 0 Å². The number of likely N-dealkylation sites (tertiary alicyclic amines) is 1. The van der Waals surface area contributed by atoms with Gasteiger partial charge < -0.3 is 19.7 Å². The summed E-state index contributed by atoms with van der Waals surface area (Å²) in [6.07, 6.45) is 2.70. The quantitative estimate of drug-likeness (QED) is 0.375. The molecule has 1 N–H and O–H groups in total. The summed E-state index contributed by atoms with van der Waals surface area (Å²) in [6.45, 7) is 4.82. The average Bonchev–Trinajstić information content (AvgIpc) is 3.54. The Bertz CT molecular complexity index is 1280. The number of thioether (sulfide) groups is 1. The smallest absolute Gasteiger partial charge is 0.247 e. The summed E-state index contributed by atoms with van der Waals surface area (Å²) >= 11 is 1.91. The average molecular weight is 474 g/mol. The Balaban J connectivity index is 1.16. The predicted octanol–water partition coefficient (Wildman–Crippen LogP) is 5.10. The number of nitrogens with one attached hydrogen (secondary N) is 1. The van der Waals surface area contributed by atoms with Crippen LogP contribution in [0.4, 0.5) is 11.6 Å². The molecule has 2 aliphatic heterocycles. The molecule has 0 amide bonds. The molecule has 1 fully saturated rings. The molecule has 6 rings (SSSR count). The second kappa shape index (κ2) is 9.56. The fourth-order valence-corrected chi connectivity index (χ4v) is 5.36. The van der Waals surface area contributed by atoms with Crippen LogP contribution in [0.1, 0.15) is 12.8 Å². The molecule has 2 aromatic heterocycles. The second-order valence-corrected chi connectivity index (χ2v) is 9.69. The molecule has 2 aromatic carbocycles. The zero-order chi connectivity index (χ0) is 22.7. The van der Waals surface area contributed by atoms with Gasteiger partial charge in [-0.05, 0) is 80.5 Å². The first kappa shape index (κ1) is 21.3. The number of rotatable bonds is 7. The molecule has 174 valence electrons. The van der Waals surface area contributed by atoms with Crippen molar-refractivity contribution in [2.24, 2.45) is 0 Å². The lowest BCUT2D eigenvalue weighted by molar-refractivity contribution is 0.171. The molecule has 0 radical (unpaired) electrons. The van der Waals surface area contributed by atoms with Gasteiger partial charge in [0, 0.05) is 28.4 Å². The fraction of sp³-hybridized carbons (Fsp3) is 0.308. The van der Waals surface area contributed by atoms with Crippen molar-refractivity contribution in [3.8, 4) is 22.8 Å². The summed E-state index contributed by atoms with van der Waals surface area (Å²) in [7, 11) is 0. The van der Waals surface area contributed by atoms with E-state index >= 15 is 0 Å². The van der Waals surface area contributed by atoms with Crippen molar-refractivity contribution in [2.45, 2.75) is 17.7 Å². The van der Waals surface area contributed by atoms with Crippen LogP contribution in [-0.2, 0) is 0 Å². The first-order valence-electron chi connectivity index (χ1n) is 11.8. The van der Waals surface area contributed by atoms with Gasteiger partial charge in [0.1, 0.15) is 13.2 Å². The first-order chi connectivity index (χ1) is 16.8. The molecular formula is C26H27N5O2S. The fourth-order valence-electron chi connectivity index (χ4n) is 4.44. The van der Waals surface area contributed by atoms with Gasteiger partial charge >= 0.3 is 0 Å². The molecule has 0 unspecified atom stereocenters. The number of ether oxygens (including phenoxy) is 2. The molecule has 34 heavy (non-hydrogen) atoms. The van der Waals surface area contributed by atoms with Gasteiger partial charge in [0.15, 0.2) is 17.1 Å². The highest BCUT2D eigenvalue weighted by Gasteiger charge is 2.15. The van der Waals surface area contributed by atoms with Crippen LogP contribution in [-0.4, -0.2) is 58.1 Å². The van der Waals surface area contributed by atoms with Crippen LogP contribution in [0.25, 0.3) is 16.9 Å². The third kappa shape index (κ3) is 4.56. The van der Waals surface area contributed by atoms with Crippen molar-refractivity contribution in [1.29, 1.82) is 0 Å². The number of aromatic nitrogens is 3. The Morgan fingerprint density at radius 3 is 2.59 bits per heavy atom. The maximum absolute atomic E-state index is 5.76. The van der Waals surface area contributed by atoms with Gasteiger partial charge in [0.25, 0.3) is 0 Å². The summed E-state index contributed by atoms with van der Waals surface area (Å²) in [5.41, 5.74) is 3.70. The minimum atomic E-state index is 0.563. The molecule has 8 heteroatoms. The Labute approximate surface area is 203 Å². The van der Waals surface area contributed by atoms with Gasteiger partial charge in [0.2, 0.25) is 5.95 Å². The topological polar surface area (TPSA) is 63.9 Å². The predicted molar refractivity (Wildman–Crippen MR) is 136 cm³/mol. The van der Waals surface area contributed by atoms with E-state index in [0.29, 0.717) is 19.2 Å². The van der Waals surface area contributed by atoms with E-state index in [4.69, 9.17) is 14.6 Å². The highest BCUT2D eigenvalue weighted by atomic mass is 32.2. The highest BCUT2D eigenvalue weighted by Crippen LogP contribution is 2.34. The van der Waals surface area contributed by atoms with Crippen molar-refractivity contribution >= 4 is 29.0 Å². The van der Waals surface area contributed by atoms with Crippen LogP contribution >= 0.6 is 11.8 Å². The lowest BCUT2D eigenvalue weighted by Gasteiger charge is -2.19. The molecule has 0 bridgehead atoms. The van der Waals surface area contributed by atoms with Gasteiger partial charge in [-0.15, -0.1) is 16.9 Å². The minimum Gasteiger partial charge on any atom is -0.486 e. The van der Waals surface area contributed by atoms with Crippen molar-refractivity contribution in [1.82, 2.24) is 19.5 Å². The maximum atomic E-state index is 5.76. The van der Waals surface area contributed by atoms with Crippen LogP contribution in [0.2, 0.25) is 0 Å².